The van der Waals surface area contributed by atoms with E-state index in [0.29, 0.717) is 16.6 Å². The molecule has 23 heavy (non-hydrogen) atoms. The second kappa shape index (κ2) is 8.23. The predicted octanol–water partition coefficient (Wildman–Crippen LogP) is 4.64. The Morgan fingerprint density at radius 2 is 1.91 bits per heavy atom. The van der Waals surface area contributed by atoms with E-state index in [1.807, 2.05) is 24.3 Å². The highest BCUT2D eigenvalue weighted by Gasteiger charge is 2.16. The van der Waals surface area contributed by atoms with Crippen molar-refractivity contribution in [3.05, 3.63) is 63.6 Å². The summed E-state index contributed by atoms with van der Waals surface area (Å²) >= 11 is 12.0. The first-order valence-electron chi connectivity index (χ1n) is 7.47. The van der Waals surface area contributed by atoms with Gasteiger partial charge in [-0.25, -0.2) is 0 Å². The molecule has 0 radical (unpaired) electrons. The Morgan fingerprint density at radius 3 is 2.61 bits per heavy atom. The number of amides is 1. The Hall–Kier alpha value is -1.71. The Bertz CT molecular complexity index is 688. The summed E-state index contributed by atoms with van der Waals surface area (Å²) in [6.07, 6.45) is 0.263. The van der Waals surface area contributed by atoms with E-state index in [1.54, 1.807) is 25.1 Å². The highest BCUT2D eigenvalue weighted by Crippen LogP contribution is 2.21. The number of hydrogen-bond donors (Lipinski definition) is 1. The van der Waals surface area contributed by atoms with E-state index in [1.165, 1.54) is 0 Å². The number of nitrogens with one attached hydrogen (secondary N) is 1. The summed E-state index contributed by atoms with van der Waals surface area (Å²) in [5, 5.41) is 3.92. The van der Waals surface area contributed by atoms with Gasteiger partial charge in [-0.2, -0.15) is 0 Å². The summed E-state index contributed by atoms with van der Waals surface area (Å²) in [5.41, 5.74) is 1.89. The van der Waals surface area contributed by atoms with Crippen LogP contribution in [-0.2, 0) is 17.8 Å². The van der Waals surface area contributed by atoms with Crippen LogP contribution in [0.2, 0.25) is 10.0 Å². The van der Waals surface area contributed by atoms with Crippen LogP contribution >= 0.6 is 23.2 Å². The van der Waals surface area contributed by atoms with E-state index in [9.17, 15) is 4.79 Å². The smallest absolute Gasteiger partial charge is 0.261 e. The number of halogens is 2. The molecule has 0 fully saturated rings. The largest absolute Gasteiger partial charge is 0.481 e. The topological polar surface area (TPSA) is 38.3 Å². The monoisotopic (exact) mass is 351 g/mol. The number of carbonyl (C=O) groups excluding carboxylic acids is 1. The van der Waals surface area contributed by atoms with Crippen LogP contribution in [0, 0.1) is 0 Å². The molecule has 0 aliphatic carbocycles. The first-order chi connectivity index (χ1) is 11.0. The van der Waals surface area contributed by atoms with Crippen LogP contribution in [0.25, 0.3) is 0 Å². The van der Waals surface area contributed by atoms with Gasteiger partial charge >= 0.3 is 0 Å². The minimum Gasteiger partial charge on any atom is -0.481 e. The summed E-state index contributed by atoms with van der Waals surface area (Å²) in [6.45, 7) is 4.11. The highest BCUT2D eigenvalue weighted by molar-refractivity contribution is 6.35. The van der Waals surface area contributed by atoms with Gasteiger partial charge in [-0.3, -0.25) is 4.79 Å². The number of para-hydroxylation sites is 1. The second-order valence-corrected chi connectivity index (χ2v) is 6.02. The fraction of sp³-hybridized carbons (Fsp3) is 0.278. The molecule has 1 N–H and O–H groups in total. The third-order valence-electron chi connectivity index (χ3n) is 3.49. The van der Waals surface area contributed by atoms with Crippen molar-refractivity contribution in [2.45, 2.75) is 32.9 Å². The summed E-state index contributed by atoms with van der Waals surface area (Å²) in [6, 6.07) is 12.9. The van der Waals surface area contributed by atoms with Crippen LogP contribution in [0.15, 0.2) is 42.5 Å². The summed E-state index contributed by atoms with van der Waals surface area (Å²) in [5.74, 6) is 0.545. The van der Waals surface area contributed by atoms with Gasteiger partial charge in [-0.1, -0.05) is 54.4 Å². The van der Waals surface area contributed by atoms with Gasteiger partial charge < -0.3 is 10.1 Å². The lowest BCUT2D eigenvalue weighted by molar-refractivity contribution is -0.127. The summed E-state index contributed by atoms with van der Waals surface area (Å²) in [4.78, 5) is 12.2. The maximum Gasteiger partial charge on any atom is 0.261 e. The average Bonchev–Trinajstić information content (AvgIpc) is 2.54. The Kier molecular flexibility index (Phi) is 6.31. The van der Waals surface area contributed by atoms with E-state index in [2.05, 4.69) is 12.2 Å². The molecule has 2 aromatic carbocycles. The molecular formula is C18H19Cl2NO2. The molecular weight excluding hydrogens is 333 g/mol. The molecule has 0 aliphatic heterocycles. The molecule has 0 saturated carbocycles. The van der Waals surface area contributed by atoms with Gasteiger partial charge in [-0.15, -0.1) is 0 Å². The van der Waals surface area contributed by atoms with Crippen molar-refractivity contribution in [2.24, 2.45) is 0 Å². The minimum absolute atomic E-state index is 0.193. The van der Waals surface area contributed by atoms with E-state index in [4.69, 9.17) is 27.9 Å². The van der Waals surface area contributed by atoms with Gasteiger partial charge in [0, 0.05) is 16.6 Å². The number of benzene rings is 2. The third kappa shape index (κ3) is 4.88. The third-order valence-corrected chi connectivity index (χ3v) is 4.08. The summed E-state index contributed by atoms with van der Waals surface area (Å²) < 4.78 is 5.77. The highest BCUT2D eigenvalue weighted by atomic mass is 35.5. The van der Waals surface area contributed by atoms with Crippen molar-refractivity contribution >= 4 is 29.1 Å². The van der Waals surface area contributed by atoms with Crippen molar-refractivity contribution in [3.8, 4) is 5.75 Å². The lowest BCUT2D eigenvalue weighted by Gasteiger charge is -2.17. The number of carbonyl (C=O) groups is 1. The van der Waals surface area contributed by atoms with Crippen molar-refractivity contribution < 1.29 is 9.53 Å². The number of rotatable bonds is 6. The number of ether oxygens (including phenoxy) is 1. The van der Waals surface area contributed by atoms with E-state index in [-0.39, 0.29) is 5.91 Å². The fourth-order valence-electron chi connectivity index (χ4n) is 2.15. The molecule has 0 spiro atoms. The second-order valence-electron chi connectivity index (χ2n) is 5.17. The Balaban J connectivity index is 1.95. The van der Waals surface area contributed by atoms with Crippen molar-refractivity contribution in [3.63, 3.8) is 0 Å². The van der Waals surface area contributed by atoms with Gasteiger partial charge in [0.05, 0.1) is 0 Å². The van der Waals surface area contributed by atoms with Crippen molar-refractivity contribution in [2.75, 3.05) is 0 Å². The number of hydrogen-bond acceptors (Lipinski definition) is 2. The molecule has 122 valence electrons. The molecule has 0 unspecified atom stereocenters. The fourth-order valence-corrected chi connectivity index (χ4v) is 2.62. The molecule has 5 heteroatoms. The SMILES string of the molecule is CCc1ccccc1O[C@H](C)C(=O)NCc1ccc(Cl)cc1Cl. The lowest BCUT2D eigenvalue weighted by atomic mass is 10.1. The first-order valence-corrected chi connectivity index (χ1v) is 8.23. The molecule has 3 nitrogen and oxygen atoms in total. The zero-order chi connectivity index (χ0) is 16.8. The predicted molar refractivity (Wildman–Crippen MR) is 94.2 cm³/mol. The van der Waals surface area contributed by atoms with Gasteiger partial charge in [0.1, 0.15) is 5.75 Å². The number of aryl methyl sites for hydroxylation is 1. The zero-order valence-electron chi connectivity index (χ0n) is 13.1. The first kappa shape index (κ1) is 17.6. The Labute approximate surface area is 146 Å². The molecule has 1 atom stereocenters. The van der Waals surface area contributed by atoms with Crippen molar-refractivity contribution in [1.29, 1.82) is 0 Å². The normalized spacial score (nSPS) is 11.8. The van der Waals surface area contributed by atoms with E-state index in [0.717, 1.165) is 23.3 Å². The van der Waals surface area contributed by atoms with Gasteiger partial charge in [0.2, 0.25) is 0 Å². The maximum absolute atomic E-state index is 12.2. The van der Waals surface area contributed by atoms with Gasteiger partial charge in [-0.05, 0) is 42.7 Å². The van der Waals surface area contributed by atoms with Crippen LogP contribution in [0.1, 0.15) is 25.0 Å². The molecule has 2 aromatic rings. The van der Waals surface area contributed by atoms with Crippen LogP contribution in [0.5, 0.6) is 5.75 Å². The van der Waals surface area contributed by atoms with Gasteiger partial charge in [0.15, 0.2) is 6.10 Å². The van der Waals surface area contributed by atoms with E-state index >= 15 is 0 Å². The molecule has 0 bridgehead atoms. The molecule has 0 aliphatic rings. The van der Waals surface area contributed by atoms with Crippen molar-refractivity contribution in [1.82, 2.24) is 5.32 Å². The molecule has 1 amide bonds. The van der Waals surface area contributed by atoms with Gasteiger partial charge in [0.25, 0.3) is 5.91 Å². The standard InChI is InChI=1S/C18H19Cl2NO2/c1-3-13-6-4-5-7-17(13)23-12(2)18(22)21-11-14-8-9-15(19)10-16(14)20/h4-10,12H,3,11H2,1-2H3,(H,21,22)/t12-/m1/s1. The Morgan fingerprint density at radius 1 is 1.17 bits per heavy atom. The molecule has 0 saturated heterocycles. The lowest BCUT2D eigenvalue weighted by Crippen LogP contribution is -2.36. The zero-order valence-corrected chi connectivity index (χ0v) is 14.6. The van der Waals surface area contributed by atoms with E-state index < -0.39 is 6.10 Å². The van der Waals surface area contributed by atoms with Crippen LogP contribution in [0.4, 0.5) is 0 Å². The summed E-state index contributed by atoms with van der Waals surface area (Å²) in [7, 11) is 0. The maximum atomic E-state index is 12.2. The van der Waals surface area contributed by atoms with Crippen LogP contribution in [-0.4, -0.2) is 12.0 Å². The molecule has 0 heterocycles. The van der Waals surface area contributed by atoms with Crippen LogP contribution < -0.4 is 10.1 Å². The van der Waals surface area contributed by atoms with Crippen LogP contribution in [0.3, 0.4) is 0 Å². The molecule has 0 aromatic heterocycles. The minimum atomic E-state index is -0.589. The quantitative estimate of drug-likeness (QED) is 0.823. The molecule has 2 rings (SSSR count). The average molecular weight is 352 g/mol.